The summed E-state index contributed by atoms with van der Waals surface area (Å²) in [6.45, 7) is 12.7. The van der Waals surface area contributed by atoms with Gasteiger partial charge in [-0.05, 0) is 46.0 Å². The SMILES string of the molecule is C=CC(=O)N(CCCC)CCNc1n[nH]c2c1CN(C(=O)N[C@H](CN(C)C)c1ccccc1)C2(C)C. The molecule has 3 amide bonds. The monoisotopic (exact) mass is 495 g/mol. The number of hydrogen-bond acceptors (Lipinski definition) is 5. The quantitative estimate of drug-likeness (QED) is 0.390. The molecule has 1 aromatic heterocycles. The number of H-pyrrole nitrogens is 1. The van der Waals surface area contributed by atoms with Gasteiger partial charge in [-0.2, -0.15) is 5.10 Å². The summed E-state index contributed by atoms with van der Waals surface area (Å²) in [5.41, 5.74) is 2.43. The van der Waals surface area contributed by atoms with E-state index in [1.54, 1.807) is 4.90 Å². The van der Waals surface area contributed by atoms with E-state index in [0.29, 0.717) is 32.7 Å². The van der Waals surface area contributed by atoms with Crippen LogP contribution in [0.15, 0.2) is 43.0 Å². The third kappa shape index (κ3) is 6.26. The molecule has 0 bridgehead atoms. The zero-order valence-corrected chi connectivity index (χ0v) is 22.3. The number of nitrogens with one attached hydrogen (secondary N) is 3. The number of likely N-dealkylation sites (N-methyl/N-ethyl adjacent to an activating group) is 1. The number of fused-ring (bicyclic) bond motifs is 1. The highest BCUT2D eigenvalue weighted by atomic mass is 16.2. The molecule has 0 radical (unpaired) electrons. The Morgan fingerprint density at radius 3 is 2.61 bits per heavy atom. The van der Waals surface area contributed by atoms with Gasteiger partial charge in [0.25, 0.3) is 0 Å². The van der Waals surface area contributed by atoms with Crippen LogP contribution in [0.4, 0.5) is 10.6 Å². The maximum absolute atomic E-state index is 13.5. The van der Waals surface area contributed by atoms with E-state index < -0.39 is 5.54 Å². The maximum Gasteiger partial charge on any atom is 0.319 e. The van der Waals surface area contributed by atoms with E-state index in [-0.39, 0.29) is 18.0 Å². The molecule has 0 saturated carbocycles. The topological polar surface area (TPSA) is 96.6 Å². The molecule has 1 aromatic carbocycles. The summed E-state index contributed by atoms with van der Waals surface area (Å²) in [5, 5.41) is 14.2. The van der Waals surface area contributed by atoms with Crippen LogP contribution in [0.3, 0.4) is 0 Å². The lowest BCUT2D eigenvalue weighted by molar-refractivity contribution is -0.125. The van der Waals surface area contributed by atoms with Gasteiger partial charge in [0.2, 0.25) is 5.91 Å². The van der Waals surface area contributed by atoms with Gasteiger partial charge in [0.05, 0.1) is 23.8 Å². The molecule has 2 aromatic rings. The number of aromatic amines is 1. The van der Waals surface area contributed by atoms with Gasteiger partial charge in [0, 0.05) is 31.7 Å². The molecule has 0 fully saturated rings. The number of urea groups is 1. The lowest BCUT2D eigenvalue weighted by Crippen LogP contribution is -2.48. The van der Waals surface area contributed by atoms with Crippen LogP contribution in [0.5, 0.6) is 0 Å². The standard InChI is InChI=1S/C27H41N7O2/c1-7-9-16-33(23(35)8-2)17-15-28-25-21-18-34(27(3,4)24(21)30-31-25)26(36)29-22(19-32(5)6)20-13-11-10-12-14-20/h8,10-14,22H,2,7,9,15-19H2,1,3-6H3,(H,29,36)(H2,28,30,31)/t22-/m1/s1. The molecule has 3 rings (SSSR count). The zero-order chi connectivity index (χ0) is 26.3. The molecule has 1 aliphatic heterocycles. The lowest BCUT2D eigenvalue weighted by atomic mass is 10.0. The number of aromatic nitrogens is 2. The minimum Gasteiger partial charge on any atom is -0.367 e. The van der Waals surface area contributed by atoms with E-state index >= 15 is 0 Å². The van der Waals surface area contributed by atoms with Crippen LogP contribution in [-0.2, 0) is 16.9 Å². The molecule has 0 saturated heterocycles. The lowest BCUT2D eigenvalue weighted by Gasteiger charge is -2.34. The van der Waals surface area contributed by atoms with Crippen molar-refractivity contribution in [3.63, 3.8) is 0 Å². The first-order valence-electron chi connectivity index (χ1n) is 12.7. The molecule has 9 nitrogen and oxygen atoms in total. The number of benzene rings is 1. The van der Waals surface area contributed by atoms with Crippen molar-refractivity contribution >= 4 is 17.8 Å². The van der Waals surface area contributed by atoms with Crippen LogP contribution in [0, 0.1) is 0 Å². The first-order valence-corrected chi connectivity index (χ1v) is 12.7. The third-order valence-electron chi connectivity index (χ3n) is 6.70. The van der Waals surface area contributed by atoms with Crippen LogP contribution >= 0.6 is 0 Å². The van der Waals surface area contributed by atoms with Crippen molar-refractivity contribution in [1.29, 1.82) is 0 Å². The number of carbonyl (C=O) groups is 2. The second kappa shape index (κ2) is 12.1. The molecule has 36 heavy (non-hydrogen) atoms. The molecule has 0 aliphatic carbocycles. The van der Waals surface area contributed by atoms with Crippen LogP contribution in [0.25, 0.3) is 0 Å². The number of nitrogens with zero attached hydrogens (tertiary/aromatic N) is 4. The van der Waals surface area contributed by atoms with E-state index in [0.717, 1.165) is 35.5 Å². The summed E-state index contributed by atoms with van der Waals surface area (Å²) in [5.74, 6) is 0.662. The normalized spacial score (nSPS) is 14.9. The van der Waals surface area contributed by atoms with Gasteiger partial charge in [-0.15, -0.1) is 0 Å². The van der Waals surface area contributed by atoms with E-state index in [9.17, 15) is 9.59 Å². The molecule has 1 atom stereocenters. The molecular weight excluding hydrogens is 454 g/mol. The minimum absolute atomic E-state index is 0.0628. The fourth-order valence-electron chi connectivity index (χ4n) is 4.62. The van der Waals surface area contributed by atoms with Gasteiger partial charge in [0.1, 0.15) is 0 Å². The summed E-state index contributed by atoms with van der Waals surface area (Å²) < 4.78 is 0. The van der Waals surface area contributed by atoms with Crippen molar-refractivity contribution < 1.29 is 9.59 Å². The maximum atomic E-state index is 13.5. The van der Waals surface area contributed by atoms with Gasteiger partial charge in [-0.3, -0.25) is 9.89 Å². The summed E-state index contributed by atoms with van der Waals surface area (Å²) in [6.07, 6.45) is 3.33. The summed E-state index contributed by atoms with van der Waals surface area (Å²) >= 11 is 0. The second-order valence-corrected chi connectivity index (χ2v) is 10.1. The van der Waals surface area contributed by atoms with Gasteiger partial charge in [-0.1, -0.05) is 50.3 Å². The summed E-state index contributed by atoms with van der Waals surface area (Å²) in [7, 11) is 4.00. The first-order chi connectivity index (χ1) is 17.2. The van der Waals surface area contributed by atoms with Crippen molar-refractivity contribution in [2.24, 2.45) is 0 Å². The zero-order valence-electron chi connectivity index (χ0n) is 22.3. The van der Waals surface area contributed by atoms with Crippen molar-refractivity contribution in [2.75, 3.05) is 45.6 Å². The van der Waals surface area contributed by atoms with E-state index in [1.165, 1.54) is 6.08 Å². The highest BCUT2D eigenvalue weighted by Gasteiger charge is 2.44. The second-order valence-electron chi connectivity index (χ2n) is 10.1. The molecule has 0 spiro atoms. The molecule has 1 aliphatic rings. The molecule has 9 heteroatoms. The average molecular weight is 496 g/mol. The van der Waals surface area contributed by atoms with Crippen molar-refractivity contribution in [2.45, 2.75) is 51.7 Å². The van der Waals surface area contributed by atoms with Crippen LogP contribution < -0.4 is 10.6 Å². The Kier molecular flexibility index (Phi) is 9.14. The number of carbonyl (C=O) groups excluding carboxylic acids is 2. The Bertz CT molecular complexity index is 1030. The van der Waals surface area contributed by atoms with Crippen LogP contribution in [0.2, 0.25) is 0 Å². The predicted molar refractivity (Wildman–Crippen MR) is 144 cm³/mol. The smallest absolute Gasteiger partial charge is 0.319 e. The highest BCUT2D eigenvalue weighted by Crippen LogP contribution is 2.40. The van der Waals surface area contributed by atoms with Gasteiger partial charge in [-0.25, -0.2) is 4.79 Å². The fourth-order valence-corrected chi connectivity index (χ4v) is 4.62. The molecule has 0 unspecified atom stereocenters. The molecule has 196 valence electrons. The van der Waals surface area contributed by atoms with Crippen molar-refractivity contribution in [3.8, 4) is 0 Å². The third-order valence-corrected chi connectivity index (χ3v) is 6.70. The number of anilines is 1. The predicted octanol–water partition coefficient (Wildman–Crippen LogP) is 3.70. The average Bonchev–Trinajstić information content (AvgIpc) is 3.38. The Balaban J connectivity index is 1.68. The van der Waals surface area contributed by atoms with Gasteiger partial charge in [0.15, 0.2) is 5.82 Å². The molecule has 2 heterocycles. The first kappa shape index (κ1) is 27.3. The van der Waals surface area contributed by atoms with E-state index in [1.807, 2.05) is 63.2 Å². The van der Waals surface area contributed by atoms with Gasteiger partial charge < -0.3 is 25.3 Å². The number of hydrogen-bond donors (Lipinski definition) is 3. The Hall–Kier alpha value is -3.33. The van der Waals surface area contributed by atoms with E-state index in [4.69, 9.17) is 0 Å². The minimum atomic E-state index is -0.544. The Morgan fingerprint density at radius 1 is 1.25 bits per heavy atom. The van der Waals surface area contributed by atoms with Crippen LogP contribution in [0.1, 0.15) is 56.5 Å². The Labute approximate surface area is 214 Å². The van der Waals surface area contributed by atoms with Crippen molar-refractivity contribution in [1.82, 2.24) is 30.2 Å². The number of amides is 3. The van der Waals surface area contributed by atoms with E-state index in [2.05, 4.69) is 39.2 Å². The van der Waals surface area contributed by atoms with Crippen LogP contribution in [-0.4, -0.2) is 77.1 Å². The highest BCUT2D eigenvalue weighted by molar-refractivity contribution is 5.87. The number of unbranched alkanes of at least 4 members (excludes halogenated alkanes) is 1. The molecule has 3 N–H and O–H groups in total. The Morgan fingerprint density at radius 2 is 1.97 bits per heavy atom. The van der Waals surface area contributed by atoms with Crippen molar-refractivity contribution in [3.05, 3.63) is 59.8 Å². The largest absolute Gasteiger partial charge is 0.367 e. The summed E-state index contributed by atoms with van der Waals surface area (Å²) in [6, 6.07) is 9.79. The summed E-state index contributed by atoms with van der Waals surface area (Å²) in [4.78, 5) is 31.4. The number of rotatable bonds is 12. The molecular formula is C27H41N7O2. The fraction of sp³-hybridized carbons (Fsp3) is 0.519. The van der Waals surface area contributed by atoms with Gasteiger partial charge >= 0.3 is 6.03 Å².